The summed E-state index contributed by atoms with van der Waals surface area (Å²) in [5.74, 6) is -2.57. The van der Waals surface area contributed by atoms with Gasteiger partial charge in [0.05, 0.1) is 11.6 Å². The molecule has 0 fully saturated rings. The number of alkyl halides is 3. The lowest BCUT2D eigenvalue weighted by molar-refractivity contribution is -0.147. The number of nitrogens with one attached hydrogen (secondary N) is 1. The molecule has 0 aromatic carbocycles. The number of carboxylic acids is 1. The molecule has 0 saturated carbocycles. The molecule has 0 bridgehead atoms. The van der Waals surface area contributed by atoms with Gasteiger partial charge in [-0.15, -0.1) is 0 Å². The van der Waals surface area contributed by atoms with Crippen molar-refractivity contribution in [2.75, 3.05) is 0 Å². The third kappa shape index (κ3) is 4.27. The van der Waals surface area contributed by atoms with Crippen LogP contribution in [-0.4, -0.2) is 38.5 Å². The number of nitrogens with zero attached hydrogens (tertiary/aromatic N) is 2. The molecule has 1 rings (SSSR count). The van der Waals surface area contributed by atoms with Crippen molar-refractivity contribution in [1.82, 2.24) is 15.1 Å². The Morgan fingerprint density at radius 1 is 1.33 bits per heavy atom. The number of aromatic nitrogens is 2. The fourth-order valence-electron chi connectivity index (χ4n) is 2.47. The largest absolute Gasteiger partial charge is 0.480 e. The zero-order chi connectivity index (χ0) is 18.9. The maximum atomic E-state index is 12.6. The molecule has 0 aliphatic carbocycles. The second-order valence-electron chi connectivity index (χ2n) is 6.06. The van der Waals surface area contributed by atoms with Crippen LogP contribution in [0.4, 0.5) is 13.2 Å². The maximum absolute atomic E-state index is 12.6. The zero-order valence-electron chi connectivity index (χ0n) is 14.3. The fourth-order valence-corrected chi connectivity index (χ4v) is 2.47. The molecule has 1 amide bonds. The van der Waals surface area contributed by atoms with Crippen molar-refractivity contribution in [2.45, 2.75) is 65.2 Å². The Morgan fingerprint density at radius 2 is 1.88 bits per heavy atom. The van der Waals surface area contributed by atoms with Gasteiger partial charge in [-0.25, -0.2) is 4.79 Å². The lowest BCUT2D eigenvalue weighted by Crippen LogP contribution is -2.52. The minimum absolute atomic E-state index is 0.173. The molecule has 0 radical (unpaired) electrons. The van der Waals surface area contributed by atoms with Crippen molar-refractivity contribution in [2.24, 2.45) is 0 Å². The Labute approximate surface area is 138 Å². The van der Waals surface area contributed by atoms with Gasteiger partial charge in [0.15, 0.2) is 0 Å². The van der Waals surface area contributed by atoms with Crippen LogP contribution in [0.3, 0.4) is 0 Å². The predicted molar refractivity (Wildman–Crippen MR) is 80.6 cm³/mol. The Bertz CT molecular complexity index is 640. The third-order valence-electron chi connectivity index (χ3n) is 4.17. The first-order valence-electron chi connectivity index (χ1n) is 7.48. The first-order valence-corrected chi connectivity index (χ1v) is 7.48. The summed E-state index contributed by atoms with van der Waals surface area (Å²) in [4.78, 5) is 23.7. The molecule has 2 unspecified atom stereocenters. The average Bonchev–Trinajstić information content (AvgIpc) is 2.70. The van der Waals surface area contributed by atoms with Crippen molar-refractivity contribution in [3.63, 3.8) is 0 Å². The van der Waals surface area contributed by atoms with Crippen LogP contribution >= 0.6 is 0 Å². The summed E-state index contributed by atoms with van der Waals surface area (Å²) in [6.07, 6.45) is -4.25. The predicted octanol–water partition coefficient (Wildman–Crippen LogP) is 2.54. The van der Waals surface area contributed by atoms with Crippen molar-refractivity contribution in [3.8, 4) is 0 Å². The first kappa shape index (κ1) is 20.0. The Kier molecular flexibility index (Phi) is 5.68. The van der Waals surface area contributed by atoms with Gasteiger partial charge in [0.2, 0.25) is 5.91 Å². The van der Waals surface area contributed by atoms with E-state index in [0.29, 0.717) is 11.3 Å². The Balaban J connectivity index is 3.09. The number of hydrogen-bond acceptors (Lipinski definition) is 3. The average molecular weight is 349 g/mol. The zero-order valence-corrected chi connectivity index (χ0v) is 14.3. The number of rotatable bonds is 6. The number of halogens is 3. The van der Waals surface area contributed by atoms with E-state index < -0.39 is 36.1 Å². The van der Waals surface area contributed by atoms with E-state index in [1.807, 2.05) is 0 Å². The standard InChI is InChI=1S/C15H22F3N3O3/c1-6-14(5,13(23)24)19-12(22)8(2)11-9(3)20-21(10(11)4)7-15(16,17)18/h8H,6-7H2,1-5H3,(H,19,22)(H,23,24). The number of amides is 1. The third-order valence-corrected chi connectivity index (χ3v) is 4.17. The van der Waals surface area contributed by atoms with Gasteiger partial charge in [0.25, 0.3) is 0 Å². The van der Waals surface area contributed by atoms with E-state index in [2.05, 4.69) is 10.4 Å². The highest BCUT2D eigenvalue weighted by Crippen LogP contribution is 2.27. The molecule has 9 heteroatoms. The molecule has 2 atom stereocenters. The topological polar surface area (TPSA) is 84.2 Å². The van der Waals surface area contributed by atoms with E-state index in [1.54, 1.807) is 6.92 Å². The highest BCUT2D eigenvalue weighted by molar-refractivity contribution is 5.90. The van der Waals surface area contributed by atoms with E-state index in [0.717, 1.165) is 4.68 Å². The monoisotopic (exact) mass is 349 g/mol. The Hall–Kier alpha value is -2.06. The number of aryl methyl sites for hydroxylation is 1. The van der Waals surface area contributed by atoms with Crippen LogP contribution < -0.4 is 5.32 Å². The van der Waals surface area contributed by atoms with Crippen LogP contribution in [0.25, 0.3) is 0 Å². The van der Waals surface area contributed by atoms with Gasteiger partial charge in [0, 0.05) is 11.3 Å². The Morgan fingerprint density at radius 3 is 2.29 bits per heavy atom. The van der Waals surface area contributed by atoms with E-state index in [1.165, 1.54) is 27.7 Å². The summed E-state index contributed by atoms with van der Waals surface area (Å²) in [6, 6.07) is 0. The van der Waals surface area contributed by atoms with Crippen LogP contribution in [0.5, 0.6) is 0 Å². The summed E-state index contributed by atoms with van der Waals surface area (Å²) < 4.78 is 38.5. The minimum Gasteiger partial charge on any atom is -0.480 e. The smallest absolute Gasteiger partial charge is 0.408 e. The second-order valence-corrected chi connectivity index (χ2v) is 6.06. The van der Waals surface area contributed by atoms with Crippen molar-refractivity contribution < 1.29 is 27.9 Å². The van der Waals surface area contributed by atoms with E-state index in [9.17, 15) is 27.9 Å². The van der Waals surface area contributed by atoms with Crippen LogP contribution in [0.2, 0.25) is 0 Å². The van der Waals surface area contributed by atoms with Gasteiger partial charge in [-0.2, -0.15) is 18.3 Å². The summed E-state index contributed by atoms with van der Waals surface area (Å²) in [6.45, 7) is 6.26. The van der Waals surface area contributed by atoms with Gasteiger partial charge >= 0.3 is 12.1 Å². The normalized spacial score (nSPS) is 15.7. The molecule has 24 heavy (non-hydrogen) atoms. The summed E-state index contributed by atoms with van der Waals surface area (Å²) >= 11 is 0. The minimum atomic E-state index is -4.42. The quantitative estimate of drug-likeness (QED) is 0.827. The lowest BCUT2D eigenvalue weighted by Gasteiger charge is -2.26. The van der Waals surface area contributed by atoms with Crippen molar-refractivity contribution in [3.05, 3.63) is 17.0 Å². The summed E-state index contributed by atoms with van der Waals surface area (Å²) in [7, 11) is 0. The number of hydrogen-bond donors (Lipinski definition) is 2. The van der Waals surface area contributed by atoms with Crippen LogP contribution in [-0.2, 0) is 16.1 Å². The molecule has 0 aliphatic heterocycles. The van der Waals surface area contributed by atoms with Crippen LogP contribution in [0.15, 0.2) is 0 Å². The van der Waals surface area contributed by atoms with Gasteiger partial charge < -0.3 is 10.4 Å². The molecule has 136 valence electrons. The second kappa shape index (κ2) is 6.82. The molecule has 1 aromatic rings. The van der Waals surface area contributed by atoms with E-state index in [4.69, 9.17) is 0 Å². The number of carbonyl (C=O) groups excluding carboxylic acids is 1. The van der Waals surface area contributed by atoms with Crippen LogP contribution in [0, 0.1) is 13.8 Å². The van der Waals surface area contributed by atoms with Crippen LogP contribution in [0.1, 0.15) is 50.1 Å². The van der Waals surface area contributed by atoms with Gasteiger partial charge in [0.1, 0.15) is 12.1 Å². The van der Waals surface area contributed by atoms with Crippen molar-refractivity contribution in [1.29, 1.82) is 0 Å². The molecule has 0 aliphatic rings. The highest BCUT2D eigenvalue weighted by atomic mass is 19.4. The lowest BCUT2D eigenvalue weighted by atomic mass is 9.94. The first-order chi connectivity index (χ1) is 10.8. The molecular formula is C15H22F3N3O3. The molecule has 1 aromatic heterocycles. The maximum Gasteiger partial charge on any atom is 0.408 e. The van der Waals surface area contributed by atoms with E-state index >= 15 is 0 Å². The number of carboxylic acid groups (broad SMARTS) is 1. The summed E-state index contributed by atoms with van der Waals surface area (Å²) in [5.41, 5.74) is -0.510. The SMILES string of the molecule is CCC(C)(NC(=O)C(C)c1c(C)nn(CC(F)(F)F)c1C)C(=O)O. The number of aliphatic carboxylic acids is 1. The highest BCUT2D eigenvalue weighted by Gasteiger charge is 2.36. The van der Waals surface area contributed by atoms with Crippen molar-refractivity contribution >= 4 is 11.9 Å². The van der Waals surface area contributed by atoms with Gasteiger partial charge in [-0.05, 0) is 34.1 Å². The molecule has 1 heterocycles. The summed E-state index contributed by atoms with van der Waals surface area (Å²) in [5, 5.41) is 15.5. The molecular weight excluding hydrogens is 327 g/mol. The molecule has 0 spiro atoms. The molecule has 2 N–H and O–H groups in total. The molecule has 0 saturated heterocycles. The van der Waals surface area contributed by atoms with E-state index in [-0.39, 0.29) is 12.1 Å². The number of carbonyl (C=O) groups is 2. The molecule has 6 nitrogen and oxygen atoms in total. The fraction of sp³-hybridized carbons (Fsp3) is 0.667. The van der Waals surface area contributed by atoms with Gasteiger partial charge in [-0.1, -0.05) is 6.92 Å². The van der Waals surface area contributed by atoms with Gasteiger partial charge in [-0.3, -0.25) is 9.48 Å².